The highest BCUT2D eigenvalue weighted by atomic mass is 32.2. The molecule has 1 aliphatic heterocycles. The Hall–Kier alpha value is -4.31. The maximum Gasteiger partial charge on any atom is 0.251 e. The molecule has 2 unspecified atom stereocenters. The Kier molecular flexibility index (Phi) is 15.4. The lowest BCUT2D eigenvalue weighted by molar-refractivity contribution is -0.876. The van der Waals surface area contributed by atoms with Crippen LogP contribution in [0.1, 0.15) is 82.2 Å². The Morgan fingerprint density at radius 3 is 2.50 bits per heavy atom. The standard InChI is InChI=1S/C45H58N4O4S/c1-6-8-26-52-27-28-53-42-20-16-38(17-21-42)43-22-18-39(15-12-25-49(43,31-35(3)4)32-37-13-10-9-11-14-37)45(50)47-40-19-23-44(36(5)29-40)54(51)33-41-30-46-34-48(41)24-7-2/h9-11,13-14,16-23,29-30,34-35H,6-8,12,15,24-28,31-33H2,1-5H3/p+1. The lowest BCUT2D eigenvalue weighted by Gasteiger charge is -2.42. The van der Waals surface area contributed by atoms with E-state index in [9.17, 15) is 9.00 Å². The number of hydrogen-bond donors (Lipinski definition) is 1. The normalized spacial score (nSPS) is 16.6. The number of amides is 1. The van der Waals surface area contributed by atoms with Gasteiger partial charge in [-0.1, -0.05) is 64.4 Å². The van der Waals surface area contributed by atoms with Crippen molar-refractivity contribution in [2.24, 2.45) is 5.92 Å². The van der Waals surface area contributed by atoms with Gasteiger partial charge in [0.05, 0.1) is 48.3 Å². The van der Waals surface area contributed by atoms with Crippen molar-refractivity contribution in [2.75, 3.05) is 38.2 Å². The molecule has 2 atom stereocenters. The van der Waals surface area contributed by atoms with E-state index in [0.29, 0.717) is 37.0 Å². The summed E-state index contributed by atoms with van der Waals surface area (Å²) >= 11 is 0. The molecule has 9 heteroatoms. The average Bonchev–Trinajstić information content (AvgIpc) is 3.58. The number of unbranched alkanes of at least 4 members (excludes halogenated alkanes) is 1. The SMILES string of the molecule is CCCCOCCOc1ccc(C2=CC=C(C(=O)Nc3ccc(S(=O)Cc4cncn4CCC)c(C)c3)CCC[N+]2(Cc2ccccc2)CC(C)C)cc1. The number of nitrogens with one attached hydrogen (secondary N) is 1. The van der Waals surface area contributed by atoms with Crippen LogP contribution in [0.4, 0.5) is 5.69 Å². The first kappa shape index (κ1) is 40.9. The van der Waals surface area contributed by atoms with Crippen LogP contribution in [0.25, 0.3) is 5.70 Å². The minimum absolute atomic E-state index is 0.112. The molecule has 4 aromatic rings. The number of ether oxygens (including phenoxy) is 2. The van der Waals surface area contributed by atoms with Crippen LogP contribution in [0, 0.1) is 12.8 Å². The van der Waals surface area contributed by atoms with Crippen LogP contribution in [0.5, 0.6) is 5.75 Å². The van der Waals surface area contributed by atoms with Crippen molar-refractivity contribution in [1.29, 1.82) is 0 Å². The molecule has 0 spiro atoms. The maximum atomic E-state index is 13.9. The molecule has 0 fully saturated rings. The second-order valence-electron chi connectivity index (χ2n) is 14.8. The number of anilines is 1. The smallest absolute Gasteiger partial charge is 0.251 e. The number of benzene rings is 3. The molecule has 0 radical (unpaired) electrons. The zero-order valence-corrected chi connectivity index (χ0v) is 33.7. The van der Waals surface area contributed by atoms with Gasteiger partial charge in [-0.3, -0.25) is 13.5 Å². The van der Waals surface area contributed by atoms with E-state index in [0.717, 1.165) is 96.0 Å². The van der Waals surface area contributed by atoms with E-state index in [1.165, 1.54) is 11.3 Å². The molecule has 3 aromatic carbocycles. The van der Waals surface area contributed by atoms with Crippen LogP contribution in [0.3, 0.4) is 0 Å². The Morgan fingerprint density at radius 2 is 1.78 bits per heavy atom. The van der Waals surface area contributed by atoms with Crippen LogP contribution in [-0.2, 0) is 39.2 Å². The van der Waals surface area contributed by atoms with Crippen LogP contribution in [0.2, 0.25) is 0 Å². The number of aromatic nitrogens is 2. The van der Waals surface area contributed by atoms with Gasteiger partial charge in [0.1, 0.15) is 24.6 Å². The fraction of sp³-hybridized carbons (Fsp3) is 0.422. The van der Waals surface area contributed by atoms with Gasteiger partial charge in [-0.2, -0.15) is 0 Å². The molecule has 1 N–H and O–H groups in total. The van der Waals surface area contributed by atoms with Crippen molar-refractivity contribution in [2.45, 2.75) is 90.5 Å². The second kappa shape index (κ2) is 20.4. The van der Waals surface area contributed by atoms with E-state index in [1.807, 2.05) is 43.3 Å². The van der Waals surface area contributed by atoms with Gasteiger partial charge >= 0.3 is 0 Å². The van der Waals surface area contributed by atoms with Gasteiger partial charge in [-0.05, 0) is 80.3 Å². The highest BCUT2D eigenvalue weighted by Gasteiger charge is 2.36. The summed E-state index contributed by atoms with van der Waals surface area (Å²) in [6.07, 6.45) is 12.5. The first-order valence-electron chi connectivity index (χ1n) is 19.6. The maximum absolute atomic E-state index is 13.9. The molecular weight excluding hydrogens is 693 g/mol. The molecule has 0 saturated heterocycles. The molecular formula is C45H59N4O4S+. The Balaban J connectivity index is 1.39. The van der Waals surface area contributed by atoms with Crippen molar-refractivity contribution >= 4 is 28.1 Å². The van der Waals surface area contributed by atoms with E-state index in [2.05, 4.69) is 91.1 Å². The average molecular weight is 752 g/mol. The summed E-state index contributed by atoms with van der Waals surface area (Å²) in [6, 6.07) is 24.8. The van der Waals surface area contributed by atoms with Gasteiger partial charge in [-0.15, -0.1) is 0 Å². The Bertz CT molecular complexity index is 1880. The molecule has 0 aliphatic carbocycles. The minimum Gasteiger partial charge on any atom is -0.491 e. The van der Waals surface area contributed by atoms with E-state index in [-0.39, 0.29) is 5.91 Å². The highest BCUT2D eigenvalue weighted by Crippen LogP contribution is 2.36. The number of allylic oxidation sites excluding steroid dienone is 2. The molecule has 0 saturated carbocycles. The van der Waals surface area contributed by atoms with Crippen LogP contribution < -0.4 is 10.1 Å². The summed E-state index contributed by atoms with van der Waals surface area (Å²) in [4.78, 5) is 18.9. The van der Waals surface area contributed by atoms with E-state index < -0.39 is 10.8 Å². The van der Waals surface area contributed by atoms with Crippen molar-refractivity contribution in [3.8, 4) is 5.75 Å². The molecule has 5 rings (SSSR count). The molecule has 1 amide bonds. The molecule has 288 valence electrons. The number of carbonyl (C=O) groups excluding carboxylic acids is 1. The quantitative estimate of drug-likeness (QED) is 0.0763. The van der Waals surface area contributed by atoms with Gasteiger partial charge in [0.2, 0.25) is 0 Å². The number of nitrogens with zero attached hydrogens (tertiary/aromatic N) is 3. The first-order chi connectivity index (χ1) is 26.2. The third-order valence-corrected chi connectivity index (χ3v) is 11.3. The third-order valence-electron chi connectivity index (χ3n) is 9.83. The van der Waals surface area contributed by atoms with Crippen molar-refractivity contribution in [3.05, 3.63) is 125 Å². The Labute approximate surface area is 325 Å². The van der Waals surface area contributed by atoms with Crippen molar-refractivity contribution < 1.29 is 23.0 Å². The monoisotopic (exact) mass is 751 g/mol. The third kappa shape index (κ3) is 11.4. The van der Waals surface area contributed by atoms with Crippen molar-refractivity contribution in [3.63, 3.8) is 0 Å². The highest BCUT2D eigenvalue weighted by molar-refractivity contribution is 7.84. The van der Waals surface area contributed by atoms with Gasteiger partial charge in [0.25, 0.3) is 5.91 Å². The molecule has 8 nitrogen and oxygen atoms in total. The second-order valence-corrected chi connectivity index (χ2v) is 16.2. The molecule has 1 aliphatic rings. The van der Waals surface area contributed by atoms with Crippen LogP contribution >= 0.6 is 0 Å². The lowest BCUT2D eigenvalue weighted by Crippen LogP contribution is -2.49. The largest absolute Gasteiger partial charge is 0.491 e. The number of carbonyl (C=O) groups is 1. The molecule has 1 aromatic heterocycles. The van der Waals surface area contributed by atoms with Crippen molar-refractivity contribution in [1.82, 2.24) is 9.55 Å². The summed E-state index contributed by atoms with van der Waals surface area (Å²) in [5, 5.41) is 3.15. The lowest BCUT2D eigenvalue weighted by atomic mass is 9.97. The van der Waals surface area contributed by atoms with Crippen LogP contribution in [0.15, 0.2) is 108 Å². The molecule has 54 heavy (non-hydrogen) atoms. The van der Waals surface area contributed by atoms with Gasteiger partial charge in [0.15, 0.2) is 0 Å². The van der Waals surface area contributed by atoms with E-state index >= 15 is 0 Å². The van der Waals surface area contributed by atoms with E-state index in [1.54, 1.807) is 12.5 Å². The first-order valence-corrected chi connectivity index (χ1v) is 20.9. The summed E-state index contributed by atoms with van der Waals surface area (Å²) in [5.41, 5.74) is 6.88. The van der Waals surface area contributed by atoms with E-state index in [4.69, 9.17) is 9.47 Å². The number of quaternary nitrogens is 1. The topological polar surface area (TPSA) is 82.4 Å². The minimum atomic E-state index is -1.23. The number of rotatable bonds is 19. The van der Waals surface area contributed by atoms with Gasteiger partial charge < -0.3 is 19.4 Å². The molecule has 0 bridgehead atoms. The Morgan fingerprint density at radius 1 is 0.981 bits per heavy atom. The summed E-state index contributed by atoms with van der Waals surface area (Å²) in [6.45, 7) is 16.2. The predicted molar refractivity (Wildman–Crippen MR) is 220 cm³/mol. The van der Waals surface area contributed by atoms with Crippen LogP contribution in [-0.4, -0.2) is 57.1 Å². The fourth-order valence-corrected chi connectivity index (χ4v) is 8.63. The molecule has 2 heterocycles. The number of imidazole rings is 1. The summed E-state index contributed by atoms with van der Waals surface area (Å²) < 4.78 is 27.9. The fourth-order valence-electron chi connectivity index (χ4n) is 7.33. The predicted octanol–water partition coefficient (Wildman–Crippen LogP) is 9.48. The summed E-state index contributed by atoms with van der Waals surface area (Å²) in [7, 11) is -1.23. The van der Waals surface area contributed by atoms with Gasteiger partial charge in [0, 0.05) is 65.0 Å². The number of aryl methyl sites for hydroxylation is 2. The summed E-state index contributed by atoms with van der Waals surface area (Å²) in [5.74, 6) is 1.56. The zero-order valence-electron chi connectivity index (χ0n) is 32.9. The number of hydrogen-bond acceptors (Lipinski definition) is 5. The van der Waals surface area contributed by atoms with Gasteiger partial charge in [-0.25, -0.2) is 4.98 Å². The zero-order chi connectivity index (χ0) is 38.3.